The zero-order valence-electron chi connectivity index (χ0n) is 14.4. The van der Waals surface area contributed by atoms with Gasteiger partial charge in [0.25, 0.3) is 5.91 Å². The lowest BCUT2D eigenvalue weighted by Gasteiger charge is -2.09. The zero-order valence-corrected chi connectivity index (χ0v) is 15.2. The van der Waals surface area contributed by atoms with Gasteiger partial charge in [-0.2, -0.15) is 0 Å². The molecule has 0 spiro atoms. The van der Waals surface area contributed by atoms with Crippen molar-refractivity contribution < 1.29 is 17.9 Å². The molecule has 1 saturated carbocycles. The first-order chi connectivity index (χ1) is 12.5. The summed E-state index contributed by atoms with van der Waals surface area (Å²) >= 11 is 0. The highest BCUT2D eigenvalue weighted by Gasteiger charge is 2.28. The highest BCUT2D eigenvalue weighted by atomic mass is 32.2. The van der Waals surface area contributed by atoms with Gasteiger partial charge in [-0.1, -0.05) is 24.3 Å². The molecular weight excluding hydrogens is 352 g/mol. The van der Waals surface area contributed by atoms with Crippen LogP contribution in [0.4, 0.5) is 0 Å². The molecule has 2 N–H and O–H groups in total. The van der Waals surface area contributed by atoms with Crippen molar-refractivity contribution >= 4 is 15.9 Å². The molecule has 2 aromatic rings. The van der Waals surface area contributed by atoms with Crippen LogP contribution >= 0.6 is 0 Å². The van der Waals surface area contributed by atoms with E-state index in [0.717, 1.165) is 18.6 Å². The van der Waals surface area contributed by atoms with Crippen molar-refractivity contribution in [1.29, 1.82) is 0 Å². The standard InChI is InChI=1S/C19H22N2O4S/c22-19(20-12-5-13-25-17-7-2-1-3-8-17)15-6-4-9-18(14-15)26(23,24)21-16-10-11-16/h1-4,6-9,14,16,21H,5,10-13H2,(H,20,22). The fourth-order valence-electron chi connectivity index (χ4n) is 2.38. The molecule has 0 radical (unpaired) electrons. The Morgan fingerprint density at radius 3 is 2.58 bits per heavy atom. The summed E-state index contributed by atoms with van der Waals surface area (Å²) in [6, 6.07) is 15.6. The Balaban J connectivity index is 1.47. The number of rotatable bonds is 9. The second kappa shape index (κ2) is 8.33. The van der Waals surface area contributed by atoms with Crippen LogP contribution in [0.2, 0.25) is 0 Å². The molecule has 0 aromatic heterocycles. The fraction of sp³-hybridized carbons (Fsp3) is 0.316. The van der Waals surface area contributed by atoms with Crippen LogP contribution in [0.3, 0.4) is 0 Å². The van der Waals surface area contributed by atoms with Gasteiger partial charge in [-0.3, -0.25) is 4.79 Å². The number of carbonyl (C=O) groups is 1. The Morgan fingerprint density at radius 2 is 1.85 bits per heavy atom. The van der Waals surface area contributed by atoms with E-state index in [1.807, 2.05) is 30.3 Å². The Bertz CT molecular complexity index is 849. The highest BCUT2D eigenvalue weighted by molar-refractivity contribution is 7.89. The minimum Gasteiger partial charge on any atom is -0.494 e. The Morgan fingerprint density at radius 1 is 1.08 bits per heavy atom. The lowest BCUT2D eigenvalue weighted by atomic mass is 10.2. The van der Waals surface area contributed by atoms with E-state index in [2.05, 4.69) is 10.0 Å². The van der Waals surface area contributed by atoms with Crippen LogP contribution in [0.25, 0.3) is 0 Å². The van der Waals surface area contributed by atoms with E-state index in [4.69, 9.17) is 4.74 Å². The number of amides is 1. The quantitative estimate of drug-likeness (QED) is 0.660. The van der Waals surface area contributed by atoms with Crippen LogP contribution in [0.15, 0.2) is 59.5 Å². The molecule has 6 nitrogen and oxygen atoms in total. The van der Waals surface area contributed by atoms with E-state index >= 15 is 0 Å². The Labute approximate surface area is 153 Å². The molecule has 0 saturated heterocycles. The molecule has 2 aromatic carbocycles. The average molecular weight is 374 g/mol. The summed E-state index contributed by atoms with van der Waals surface area (Å²) in [7, 11) is -3.56. The summed E-state index contributed by atoms with van der Waals surface area (Å²) in [5.41, 5.74) is 0.327. The van der Waals surface area contributed by atoms with Crippen LogP contribution in [0.1, 0.15) is 29.6 Å². The van der Waals surface area contributed by atoms with Gasteiger partial charge < -0.3 is 10.1 Å². The number of para-hydroxylation sites is 1. The third kappa shape index (κ3) is 5.31. The predicted octanol–water partition coefficient (Wildman–Crippen LogP) is 2.33. The number of hydrogen-bond acceptors (Lipinski definition) is 4. The van der Waals surface area contributed by atoms with Gasteiger partial charge in [0.2, 0.25) is 10.0 Å². The van der Waals surface area contributed by atoms with Crippen molar-refractivity contribution in [2.24, 2.45) is 0 Å². The van der Waals surface area contributed by atoms with E-state index in [0.29, 0.717) is 25.1 Å². The molecule has 0 heterocycles. The third-order valence-electron chi connectivity index (χ3n) is 3.92. The minimum atomic E-state index is -3.56. The molecular formula is C19H22N2O4S. The normalized spacial score (nSPS) is 14.0. The third-order valence-corrected chi connectivity index (χ3v) is 5.44. The Kier molecular flexibility index (Phi) is 5.90. The maximum Gasteiger partial charge on any atom is 0.251 e. The number of benzene rings is 2. The largest absolute Gasteiger partial charge is 0.494 e. The van der Waals surface area contributed by atoms with Crippen LogP contribution in [-0.4, -0.2) is 33.5 Å². The SMILES string of the molecule is O=C(NCCCOc1ccccc1)c1cccc(S(=O)(=O)NC2CC2)c1. The number of sulfonamides is 1. The van der Waals surface area contributed by atoms with Gasteiger partial charge in [-0.25, -0.2) is 13.1 Å². The zero-order chi connectivity index (χ0) is 18.4. The summed E-state index contributed by atoms with van der Waals surface area (Å²) in [5.74, 6) is 0.494. The first-order valence-corrected chi connectivity index (χ1v) is 10.1. The summed E-state index contributed by atoms with van der Waals surface area (Å²) in [6.45, 7) is 0.937. The van der Waals surface area contributed by atoms with Crippen molar-refractivity contribution in [3.63, 3.8) is 0 Å². The highest BCUT2D eigenvalue weighted by Crippen LogP contribution is 2.22. The molecule has 26 heavy (non-hydrogen) atoms. The summed E-state index contributed by atoms with van der Waals surface area (Å²) in [5, 5.41) is 2.78. The molecule has 0 atom stereocenters. The lowest BCUT2D eigenvalue weighted by molar-refractivity contribution is 0.0951. The van der Waals surface area contributed by atoms with Crippen LogP contribution < -0.4 is 14.8 Å². The molecule has 1 aliphatic carbocycles. The van der Waals surface area contributed by atoms with Crippen LogP contribution in [0, 0.1) is 0 Å². The van der Waals surface area contributed by atoms with Gasteiger partial charge in [0, 0.05) is 18.2 Å². The number of nitrogens with one attached hydrogen (secondary N) is 2. The molecule has 0 bridgehead atoms. The average Bonchev–Trinajstić information content (AvgIpc) is 3.45. The second-order valence-corrected chi connectivity index (χ2v) is 7.91. The molecule has 0 unspecified atom stereocenters. The monoisotopic (exact) mass is 374 g/mol. The van der Waals surface area contributed by atoms with Crippen molar-refractivity contribution in [1.82, 2.24) is 10.0 Å². The summed E-state index contributed by atoms with van der Waals surface area (Å²) in [6.07, 6.45) is 2.39. The molecule has 0 aliphatic heterocycles. The van der Waals surface area contributed by atoms with Crippen molar-refractivity contribution in [3.05, 3.63) is 60.2 Å². The van der Waals surface area contributed by atoms with E-state index in [1.54, 1.807) is 12.1 Å². The van der Waals surface area contributed by atoms with E-state index in [-0.39, 0.29) is 16.8 Å². The van der Waals surface area contributed by atoms with Gasteiger partial charge in [0.15, 0.2) is 0 Å². The fourth-order valence-corrected chi connectivity index (χ4v) is 3.73. The van der Waals surface area contributed by atoms with Crippen molar-refractivity contribution in [2.75, 3.05) is 13.2 Å². The van der Waals surface area contributed by atoms with E-state index in [9.17, 15) is 13.2 Å². The first-order valence-electron chi connectivity index (χ1n) is 8.63. The first kappa shape index (κ1) is 18.4. The minimum absolute atomic E-state index is 0.0297. The van der Waals surface area contributed by atoms with E-state index < -0.39 is 10.0 Å². The number of carbonyl (C=O) groups excluding carboxylic acids is 1. The number of hydrogen-bond donors (Lipinski definition) is 2. The van der Waals surface area contributed by atoms with Crippen LogP contribution in [-0.2, 0) is 10.0 Å². The predicted molar refractivity (Wildman–Crippen MR) is 98.7 cm³/mol. The topological polar surface area (TPSA) is 84.5 Å². The molecule has 7 heteroatoms. The van der Waals surface area contributed by atoms with Gasteiger partial charge in [0.05, 0.1) is 11.5 Å². The van der Waals surface area contributed by atoms with E-state index in [1.165, 1.54) is 12.1 Å². The van der Waals surface area contributed by atoms with Crippen molar-refractivity contribution in [3.8, 4) is 5.75 Å². The molecule has 3 rings (SSSR count). The van der Waals surface area contributed by atoms with Gasteiger partial charge in [0.1, 0.15) is 5.75 Å². The smallest absolute Gasteiger partial charge is 0.251 e. The van der Waals surface area contributed by atoms with Gasteiger partial charge >= 0.3 is 0 Å². The molecule has 138 valence electrons. The maximum atomic E-state index is 12.2. The summed E-state index contributed by atoms with van der Waals surface area (Å²) in [4.78, 5) is 12.3. The maximum absolute atomic E-state index is 12.2. The summed E-state index contributed by atoms with van der Waals surface area (Å²) < 4.78 is 32.6. The van der Waals surface area contributed by atoms with Crippen molar-refractivity contribution in [2.45, 2.75) is 30.2 Å². The molecule has 1 fully saturated rings. The molecule has 1 amide bonds. The van der Waals surface area contributed by atoms with Crippen LogP contribution in [0.5, 0.6) is 5.75 Å². The van der Waals surface area contributed by atoms with Gasteiger partial charge in [-0.15, -0.1) is 0 Å². The number of ether oxygens (including phenoxy) is 1. The van der Waals surface area contributed by atoms with Gasteiger partial charge in [-0.05, 0) is 49.6 Å². The Hall–Kier alpha value is -2.38. The second-order valence-electron chi connectivity index (χ2n) is 6.19. The lowest BCUT2D eigenvalue weighted by Crippen LogP contribution is -2.27. The molecule has 1 aliphatic rings.